The van der Waals surface area contributed by atoms with Crippen LogP contribution in [0.25, 0.3) is 11.4 Å². The molecule has 3 aromatic rings. The third kappa shape index (κ3) is 4.29. The van der Waals surface area contributed by atoms with Gasteiger partial charge in [-0.05, 0) is 49.2 Å². The van der Waals surface area contributed by atoms with Crippen molar-refractivity contribution in [2.45, 2.75) is 26.7 Å². The lowest BCUT2D eigenvalue weighted by atomic mass is 10.1. The summed E-state index contributed by atoms with van der Waals surface area (Å²) in [5, 5.41) is 6.63. The van der Waals surface area contributed by atoms with E-state index in [-0.39, 0.29) is 30.1 Å². The van der Waals surface area contributed by atoms with E-state index in [1.54, 1.807) is 18.2 Å². The van der Waals surface area contributed by atoms with E-state index in [1.165, 1.54) is 6.07 Å². The molecular weight excluding hydrogens is 321 g/mol. The minimum absolute atomic E-state index is 0.143. The first kappa shape index (κ1) is 16.8. The highest BCUT2D eigenvalue weighted by Gasteiger charge is 2.13. The van der Waals surface area contributed by atoms with Crippen molar-refractivity contribution in [3.8, 4) is 11.4 Å². The maximum absolute atomic E-state index is 13.7. The van der Waals surface area contributed by atoms with Crippen molar-refractivity contribution in [2.75, 3.05) is 5.32 Å². The Kier molecular flexibility index (Phi) is 4.88. The number of hydrogen-bond acceptors (Lipinski definition) is 4. The summed E-state index contributed by atoms with van der Waals surface area (Å²) in [6.07, 6.45) is 0.490. The van der Waals surface area contributed by atoms with E-state index < -0.39 is 5.82 Å². The number of rotatable bonds is 5. The zero-order valence-corrected chi connectivity index (χ0v) is 14.0. The number of nitrogens with one attached hydrogen (secondary N) is 1. The molecular formula is C19H18FN3O2. The highest BCUT2D eigenvalue weighted by atomic mass is 19.1. The molecule has 1 aromatic heterocycles. The minimum atomic E-state index is -0.414. The van der Waals surface area contributed by atoms with Gasteiger partial charge in [0, 0.05) is 18.5 Å². The zero-order chi connectivity index (χ0) is 17.8. The lowest BCUT2D eigenvalue weighted by Crippen LogP contribution is -2.12. The van der Waals surface area contributed by atoms with E-state index in [0.29, 0.717) is 5.89 Å². The number of aryl methyl sites for hydroxylation is 3. The van der Waals surface area contributed by atoms with Crippen molar-refractivity contribution in [1.82, 2.24) is 10.1 Å². The molecule has 1 amide bonds. The van der Waals surface area contributed by atoms with E-state index in [4.69, 9.17) is 4.52 Å². The Hall–Kier alpha value is -3.02. The van der Waals surface area contributed by atoms with Crippen LogP contribution in [-0.4, -0.2) is 16.0 Å². The lowest BCUT2D eigenvalue weighted by Gasteiger charge is -2.06. The second-order valence-corrected chi connectivity index (χ2v) is 5.92. The van der Waals surface area contributed by atoms with E-state index in [0.717, 1.165) is 16.8 Å². The van der Waals surface area contributed by atoms with Gasteiger partial charge < -0.3 is 9.84 Å². The quantitative estimate of drug-likeness (QED) is 0.761. The Labute approximate surface area is 144 Å². The topological polar surface area (TPSA) is 68.0 Å². The molecule has 0 saturated carbocycles. The summed E-state index contributed by atoms with van der Waals surface area (Å²) in [4.78, 5) is 16.2. The van der Waals surface area contributed by atoms with Gasteiger partial charge in [0.25, 0.3) is 0 Å². The predicted molar refractivity (Wildman–Crippen MR) is 92.6 cm³/mol. The number of halogens is 1. The number of carbonyl (C=O) groups excluding carboxylic acids is 1. The molecule has 0 bridgehead atoms. The Balaban J connectivity index is 1.60. The van der Waals surface area contributed by atoms with Crippen molar-refractivity contribution in [1.29, 1.82) is 0 Å². The van der Waals surface area contributed by atoms with Gasteiger partial charge in [0.1, 0.15) is 5.82 Å². The third-order valence-corrected chi connectivity index (χ3v) is 3.65. The molecule has 0 atom stereocenters. The van der Waals surface area contributed by atoms with Gasteiger partial charge >= 0.3 is 0 Å². The van der Waals surface area contributed by atoms with Gasteiger partial charge in [0.15, 0.2) is 0 Å². The Bertz CT molecular complexity index is 885. The molecule has 0 fully saturated rings. The number of benzene rings is 2. The monoisotopic (exact) mass is 339 g/mol. The smallest absolute Gasteiger partial charge is 0.227 e. The second-order valence-electron chi connectivity index (χ2n) is 5.92. The first-order valence-corrected chi connectivity index (χ1v) is 7.97. The molecule has 0 spiro atoms. The van der Waals surface area contributed by atoms with Gasteiger partial charge in [-0.25, -0.2) is 4.39 Å². The molecule has 1 N–H and O–H groups in total. The Morgan fingerprint density at radius 1 is 1.16 bits per heavy atom. The number of amides is 1. The third-order valence-electron chi connectivity index (χ3n) is 3.65. The average Bonchev–Trinajstić information content (AvgIpc) is 3.01. The number of hydrogen-bond donors (Lipinski definition) is 1. The molecule has 0 aliphatic carbocycles. The van der Waals surface area contributed by atoms with Crippen LogP contribution in [0.1, 0.15) is 23.4 Å². The largest absolute Gasteiger partial charge is 0.339 e. The van der Waals surface area contributed by atoms with Gasteiger partial charge in [-0.3, -0.25) is 4.79 Å². The molecule has 0 unspecified atom stereocenters. The van der Waals surface area contributed by atoms with Crippen molar-refractivity contribution < 1.29 is 13.7 Å². The highest BCUT2D eigenvalue weighted by Crippen LogP contribution is 2.19. The number of aromatic nitrogens is 2. The van der Waals surface area contributed by atoms with Crippen LogP contribution in [0.5, 0.6) is 0 Å². The molecule has 0 radical (unpaired) electrons. The Morgan fingerprint density at radius 3 is 2.60 bits per heavy atom. The van der Waals surface area contributed by atoms with Crippen LogP contribution in [0.2, 0.25) is 0 Å². The summed E-state index contributed by atoms with van der Waals surface area (Å²) < 4.78 is 18.8. The summed E-state index contributed by atoms with van der Waals surface area (Å²) >= 11 is 0. The molecule has 6 heteroatoms. The highest BCUT2D eigenvalue weighted by molar-refractivity contribution is 5.90. The second kappa shape index (κ2) is 7.25. The van der Waals surface area contributed by atoms with Crippen LogP contribution in [-0.2, 0) is 11.2 Å². The fourth-order valence-electron chi connectivity index (χ4n) is 2.60. The van der Waals surface area contributed by atoms with E-state index in [2.05, 4.69) is 15.5 Å². The normalized spacial score (nSPS) is 10.7. The molecule has 5 nitrogen and oxygen atoms in total. The first-order valence-electron chi connectivity index (χ1n) is 7.97. The van der Waals surface area contributed by atoms with Crippen LogP contribution < -0.4 is 5.32 Å². The number of nitrogens with zero attached hydrogens (tertiary/aromatic N) is 2. The van der Waals surface area contributed by atoms with E-state index in [1.807, 2.05) is 32.0 Å². The molecule has 2 aromatic carbocycles. The molecule has 0 aliphatic heterocycles. The van der Waals surface area contributed by atoms with Crippen molar-refractivity contribution in [3.63, 3.8) is 0 Å². The van der Waals surface area contributed by atoms with Crippen molar-refractivity contribution in [2.24, 2.45) is 0 Å². The van der Waals surface area contributed by atoms with Gasteiger partial charge in [0.05, 0.1) is 5.56 Å². The SMILES string of the molecule is Cc1cc(C)cc(NC(=O)CCc2nc(-c3ccccc3F)no2)c1. The lowest BCUT2D eigenvalue weighted by molar-refractivity contribution is -0.116. The number of carbonyl (C=O) groups is 1. The summed E-state index contributed by atoms with van der Waals surface area (Å²) in [6.45, 7) is 3.96. The first-order chi connectivity index (χ1) is 12.0. The number of anilines is 1. The summed E-state index contributed by atoms with van der Waals surface area (Å²) in [5.74, 6) is -0.0744. The standard InChI is InChI=1S/C19H18FN3O2/c1-12-9-13(2)11-14(10-12)21-17(24)7-8-18-22-19(23-25-18)15-5-3-4-6-16(15)20/h3-6,9-11H,7-8H2,1-2H3,(H,21,24). The summed E-state index contributed by atoms with van der Waals surface area (Å²) in [5.41, 5.74) is 3.21. The Morgan fingerprint density at radius 2 is 1.88 bits per heavy atom. The van der Waals surface area contributed by atoms with Crippen LogP contribution >= 0.6 is 0 Å². The predicted octanol–water partition coefficient (Wildman–Crippen LogP) is 4.06. The van der Waals surface area contributed by atoms with E-state index in [9.17, 15) is 9.18 Å². The maximum atomic E-state index is 13.7. The van der Waals surface area contributed by atoms with Crippen LogP contribution in [0.3, 0.4) is 0 Å². The average molecular weight is 339 g/mol. The van der Waals surface area contributed by atoms with Crippen LogP contribution in [0, 0.1) is 19.7 Å². The molecule has 3 rings (SSSR count). The molecule has 25 heavy (non-hydrogen) atoms. The minimum Gasteiger partial charge on any atom is -0.339 e. The zero-order valence-electron chi connectivity index (χ0n) is 14.0. The fraction of sp³-hybridized carbons (Fsp3) is 0.211. The van der Waals surface area contributed by atoms with E-state index >= 15 is 0 Å². The van der Waals surface area contributed by atoms with Crippen LogP contribution in [0.15, 0.2) is 47.0 Å². The van der Waals surface area contributed by atoms with Gasteiger partial charge in [0.2, 0.25) is 17.6 Å². The van der Waals surface area contributed by atoms with Gasteiger partial charge in [-0.2, -0.15) is 4.98 Å². The van der Waals surface area contributed by atoms with Gasteiger partial charge in [-0.1, -0.05) is 23.4 Å². The summed E-state index contributed by atoms with van der Waals surface area (Å²) in [6, 6.07) is 12.1. The molecule has 0 saturated heterocycles. The maximum Gasteiger partial charge on any atom is 0.227 e. The fourth-order valence-corrected chi connectivity index (χ4v) is 2.60. The molecule has 0 aliphatic rings. The molecule has 1 heterocycles. The van der Waals surface area contributed by atoms with Crippen molar-refractivity contribution in [3.05, 3.63) is 65.3 Å². The van der Waals surface area contributed by atoms with Crippen molar-refractivity contribution >= 4 is 11.6 Å². The molecule has 128 valence electrons. The van der Waals surface area contributed by atoms with Crippen LogP contribution in [0.4, 0.5) is 10.1 Å². The summed E-state index contributed by atoms with van der Waals surface area (Å²) in [7, 11) is 0. The van der Waals surface area contributed by atoms with Gasteiger partial charge in [-0.15, -0.1) is 0 Å².